The fraction of sp³-hybridized carbons (Fsp3) is 0.385. The Morgan fingerprint density at radius 2 is 2.00 bits per heavy atom. The summed E-state index contributed by atoms with van der Waals surface area (Å²) < 4.78 is 7.74. The molecule has 0 spiro atoms. The molecule has 0 amide bonds. The number of rotatable bonds is 8. The number of benzene rings is 2. The van der Waals surface area contributed by atoms with Crippen molar-refractivity contribution in [3.8, 4) is 0 Å². The Kier molecular flexibility index (Phi) is 6.51. The molecule has 0 aliphatic carbocycles. The molecule has 5 rings (SSSR count). The van der Waals surface area contributed by atoms with Gasteiger partial charge in [-0.05, 0) is 65.3 Å². The Bertz CT molecular complexity index is 1320. The highest BCUT2D eigenvalue weighted by atomic mass is 16.5. The zero-order valence-corrected chi connectivity index (χ0v) is 19.7. The fourth-order valence-corrected chi connectivity index (χ4v) is 4.61. The molecule has 1 fully saturated rings. The minimum Gasteiger partial charge on any atom is -0.377 e. The number of pyridine rings is 1. The molecule has 0 radical (unpaired) electrons. The van der Waals surface area contributed by atoms with Crippen molar-refractivity contribution < 1.29 is 4.74 Å². The maximum Gasteiger partial charge on any atom is 0.252 e. The van der Waals surface area contributed by atoms with Crippen LogP contribution >= 0.6 is 0 Å². The van der Waals surface area contributed by atoms with Crippen LogP contribution in [0.5, 0.6) is 0 Å². The van der Waals surface area contributed by atoms with Gasteiger partial charge in [0.1, 0.15) is 0 Å². The van der Waals surface area contributed by atoms with E-state index in [1.807, 2.05) is 35.9 Å². The van der Waals surface area contributed by atoms with Crippen LogP contribution in [0, 0.1) is 13.8 Å². The Morgan fingerprint density at radius 3 is 2.79 bits per heavy atom. The predicted molar refractivity (Wildman–Crippen MR) is 130 cm³/mol. The molecule has 8 nitrogen and oxygen atoms in total. The molecule has 0 unspecified atom stereocenters. The van der Waals surface area contributed by atoms with Crippen molar-refractivity contribution in [2.75, 3.05) is 13.2 Å². The quantitative estimate of drug-likeness (QED) is 0.436. The molecule has 1 N–H and O–H groups in total. The molecule has 34 heavy (non-hydrogen) atoms. The molecule has 3 heterocycles. The number of hydrogen-bond acceptors (Lipinski definition) is 6. The lowest BCUT2D eigenvalue weighted by Crippen LogP contribution is -2.34. The van der Waals surface area contributed by atoms with E-state index in [4.69, 9.17) is 4.74 Å². The van der Waals surface area contributed by atoms with Crippen molar-refractivity contribution in [2.45, 2.75) is 52.4 Å². The van der Waals surface area contributed by atoms with Crippen molar-refractivity contribution in [2.24, 2.45) is 0 Å². The summed E-state index contributed by atoms with van der Waals surface area (Å²) in [5.41, 5.74) is 5.00. The standard InChI is InChI=1S/C26H30N6O2/c1-18-10-11-21-13-22(26(33)27-25(21)19(18)2)15-31(16-23-9-6-12-34-23)17-24-28-29-30-32(24)14-20-7-4-3-5-8-20/h3-5,7-8,10-11,13,23H,6,9,12,14-17H2,1-2H3,(H,27,33)/t23-/m1/s1. The second-order valence-corrected chi connectivity index (χ2v) is 9.14. The predicted octanol–water partition coefficient (Wildman–Crippen LogP) is 3.36. The van der Waals surface area contributed by atoms with Crippen LogP contribution in [0.4, 0.5) is 0 Å². The number of fused-ring (bicyclic) bond motifs is 1. The summed E-state index contributed by atoms with van der Waals surface area (Å²) in [4.78, 5) is 18.4. The van der Waals surface area contributed by atoms with E-state index in [0.717, 1.165) is 59.4 Å². The SMILES string of the molecule is Cc1ccc2cc(CN(Cc3nnnn3Cc3ccccc3)C[C@H]3CCCO3)c(=O)[nH]c2c1C. The first-order chi connectivity index (χ1) is 16.6. The third-order valence-corrected chi connectivity index (χ3v) is 6.65. The van der Waals surface area contributed by atoms with Gasteiger partial charge in [0.15, 0.2) is 5.82 Å². The van der Waals surface area contributed by atoms with Crippen molar-refractivity contribution in [3.63, 3.8) is 0 Å². The molecule has 1 aliphatic rings. The number of ether oxygens (including phenoxy) is 1. The lowest BCUT2D eigenvalue weighted by molar-refractivity contribution is 0.0663. The molecular weight excluding hydrogens is 428 g/mol. The maximum atomic E-state index is 13.0. The highest BCUT2D eigenvalue weighted by molar-refractivity contribution is 5.83. The Labute approximate surface area is 198 Å². The van der Waals surface area contributed by atoms with E-state index in [1.54, 1.807) is 0 Å². The lowest BCUT2D eigenvalue weighted by Gasteiger charge is -2.24. The zero-order chi connectivity index (χ0) is 23.5. The first-order valence-corrected chi connectivity index (χ1v) is 11.8. The van der Waals surface area contributed by atoms with Crippen LogP contribution in [0.25, 0.3) is 10.9 Å². The lowest BCUT2D eigenvalue weighted by atomic mass is 10.0. The molecule has 8 heteroatoms. The maximum absolute atomic E-state index is 13.0. The van der Waals surface area contributed by atoms with Crippen molar-refractivity contribution >= 4 is 10.9 Å². The first-order valence-electron chi connectivity index (χ1n) is 11.8. The normalized spacial score (nSPS) is 16.0. The third kappa shape index (κ3) is 4.93. The number of hydrogen-bond donors (Lipinski definition) is 1. The number of nitrogens with zero attached hydrogens (tertiary/aromatic N) is 5. The van der Waals surface area contributed by atoms with Gasteiger partial charge in [-0.3, -0.25) is 9.69 Å². The van der Waals surface area contributed by atoms with Gasteiger partial charge in [-0.1, -0.05) is 42.5 Å². The minimum atomic E-state index is -0.0533. The molecule has 176 valence electrons. The van der Waals surface area contributed by atoms with Crippen LogP contribution in [0.3, 0.4) is 0 Å². The van der Waals surface area contributed by atoms with E-state index in [9.17, 15) is 4.79 Å². The first kappa shape index (κ1) is 22.4. The number of nitrogens with one attached hydrogen (secondary N) is 1. The van der Waals surface area contributed by atoms with Crippen LogP contribution in [0.15, 0.2) is 53.3 Å². The van der Waals surface area contributed by atoms with E-state index in [-0.39, 0.29) is 11.7 Å². The Balaban J connectivity index is 1.41. The molecule has 1 saturated heterocycles. The summed E-state index contributed by atoms with van der Waals surface area (Å²) in [6.07, 6.45) is 2.25. The Hall–Kier alpha value is -3.36. The van der Waals surface area contributed by atoms with Crippen LogP contribution in [0.2, 0.25) is 0 Å². The van der Waals surface area contributed by atoms with Crippen LogP contribution in [-0.2, 0) is 24.4 Å². The van der Waals surface area contributed by atoms with E-state index in [0.29, 0.717) is 19.6 Å². The van der Waals surface area contributed by atoms with Gasteiger partial charge in [-0.25, -0.2) is 4.68 Å². The molecule has 0 saturated carbocycles. The largest absolute Gasteiger partial charge is 0.377 e. The average Bonchev–Trinajstić information content (AvgIpc) is 3.50. The summed E-state index contributed by atoms with van der Waals surface area (Å²) in [6, 6.07) is 16.3. The van der Waals surface area contributed by atoms with Gasteiger partial charge in [0, 0.05) is 25.3 Å². The summed E-state index contributed by atoms with van der Waals surface area (Å²) in [5, 5.41) is 13.5. The van der Waals surface area contributed by atoms with Gasteiger partial charge in [-0.2, -0.15) is 0 Å². The van der Waals surface area contributed by atoms with Gasteiger partial charge >= 0.3 is 0 Å². The van der Waals surface area contributed by atoms with Crippen LogP contribution in [-0.4, -0.2) is 49.3 Å². The van der Waals surface area contributed by atoms with E-state index >= 15 is 0 Å². The number of aryl methyl sites for hydroxylation is 2. The van der Waals surface area contributed by atoms with Gasteiger partial charge < -0.3 is 9.72 Å². The molecule has 4 aromatic rings. The summed E-state index contributed by atoms with van der Waals surface area (Å²) >= 11 is 0. The molecule has 1 aliphatic heterocycles. The summed E-state index contributed by atoms with van der Waals surface area (Å²) in [7, 11) is 0. The molecule has 2 aromatic heterocycles. The average molecular weight is 459 g/mol. The number of aromatic nitrogens is 5. The van der Waals surface area contributed by atoms with E-state index < -0.39 is 0 Å². The van der Waals surface area contributed by atoms with E-state index in [1.165, 1.54) is 5.56 Å². The minimum absolute atomic E-state index is 0.0533. The van der Waals surface area contributed by atoms with Gasteiger partial charge in [0.2, 0.25) is 0 Å². The number of H-pyrrole nitrogens is 1. The van der Waals surface area contributed by atoms with Gasteiger partial charge in [0.05, 0.1) is 24.7 Å². The highest BCUT2D eigenvalue weighted by Crippen LogP contribution is 2.21. The second-order valence-electron chi connectivity index (χ2n) is 9.14. The van der Waals surface area contributed by atoms with Crippen molar-refractivity contribution in [3.05, 3.63) is 87.0 Å². The number of aromatic amines is 1. The fourth-order valence-electron chi connectivity index (χ4n) is 4.61. The van der Waals surface area contributed by atoms with Crippen molar-refractivity contribution in [1.82, 2.24) is 30.1 Å². The molecule has 2 aromatic carbocycles. The molecular formula is C26H30N6O2. The van der Waals surface area contributed by atoms with Crippen molar-refractivity contribution in [1.29, 1.82) is 0 Å². The van der Waals surface area contributed by atoms with Gasteiger partial charge in [0.25, 0.3) is 5.56 Å². The molecule has 1 atom stereocenters. The smallest absolute Gasteiger partial charge is 0.252 e. The van der Waals surface area contributed by atoms with Crippen LogP contribution < -0.4 is 5.56 Å². The monoisotopic (exact) mass is 458 g/mol. The zero-order valence-electron chi connectivity index (χ0n) is 19.7. The summed E-state index contributed by atoms with van der Waals surface area (Å²) in [6.45, 7) is 7.25. The third-order valence-electron chi connectivity index (χ3n) is 6.65. The molecule has 0 bridgehead atoms. The highest BCUT2D eigenvalue weighted by Gasteiger charge is 2.22. The topological polar surface area (TPSA) is 88.9 Å². The van der Waals surface area contributed by atoms with E-state index in [2.05, 4.69) is 56.6 Å². The van der Waals surface area contributed by atoms with Crippen LogP contribution in [0.1, 0.15) is 40.9 Å². The Morgan fingerprint density at radius 1 is 1.15 bits per heavy atom. The second kappa shape index (κ2) is 9.87. The van der Waals surface area contributed by atoms with Gasteiger partial charge in [-0.15, -0.1) is 5.10 Å². The number of tetrazole rings is 1. The summed E-state index contributed by atoms with van der Waals surface area (Å²) in [5.74, 6) is 0.769.